The second-order valence-corrected chi connectivity index (χ2v) is 5.66. The van der Waals surface area contributed by atoms with Crippen LogP contribution in [-0.4, -0.2) is 18.8 Å². The quantitative estimate of drug-likeness (QED) is 0.932. The van der Waals surface area contributed by atoms with Crippen molar-refractivity contribution in [2.75, 3.05) is 6.61 Å². The van der Waals surface area contributed by atoms with Crippen LogP contribution in [0, 0.1) is 11.7 Å². The summed E-state index contributed by atoms with van der Waals surface area (Å²) in [6.45, 7) is 2.74. The van der Waals surface area contributed by atoms with Gasteiger partial charge in [0, 0.05) is 16.4 Å². The molecule has 0 bridgehead atoms. The van der Waals surface area contributed by atoms with Crippen molar-refractivity contribution in [3.63, 3.8) is 0 Å². The van der Waals surface area contributed by atoms with E-state index in [2.05, 4.69) is 15.9 Å². The highest BCUT2D eigenvalue weighted by Crippen LogP contribution is 2.24. The van der Waals surface area contributed by atoms with Gasteiger partial charge in [-0.1, -0.05) is 22.0 Å². The molecule has 0 aliphatic carbocycles. The van der Waals surface area contributed by atoms with Crippen LogP contribution in [0.1, 0.15) is 18.9 Å². The number of halogens is 2. The van der Waals surface area contributed by atoms with Crippen molar-refractivity contribution in [3.05, 3.63) is 34.1 Å². The molecule has 2 N–H and O–H groups in total. The Bertz CT molecular complexity index is 399. The maximum Gasteiger partial charge on any atom is 0.127 e. The lowest BCUT2D eigenvalue weighted by Crippen LogP contribution is -2.33. The topological polar surface area (TPSA) is 35.2 Å². The average molecular weight is 302 g/mol. The number of nitrogens with two attached hydrogens (primary N) is 1. The first-order valence-corrected chi connectivity index (χ1v) is 6.66. The zero-order chi connectivity index (χ0) is 12.4. The molecular formula is C13H17BrFNO. The second-order valence-electron chi connectivity index (χ2n) is 4.74. The monoisotopic (exact) mass is 301 g/mol. The van der Waals surface area contributed by atoms with E-state index in [0.29, 0.717) is 24.5 Å². The van der Waals surface area contributed by atoms with Crippen LogP contribution in [0.5, 0.6) is 0 Å². The summed E-state index contributed by atoms with van der Waals surface area (Å²) < 4.78 is 19.9. The molecule has 0 spiro atoms. The molecule has 4 heteroatoms. The van der Waals surface area contributed by atoms with Crippen LogP contribution < -0.4 is 5.73 Å². The summed E-state index contributed by atoms with van der Waals surface area (Å²) in [5.41, 5.74) is 6.80. The van der Waals surface area contributed by atoms with Crippen molar-refractivity contribution in [1.82, 2.24) is 0 Å². The third kappa shape index (κ3) is 3.27. The van der Waals surface area contributed by atoms with Crippen molar-refractivity contribution in [1.29, 1.82) is 0 Å². The summed E-state index contributed by atoms with van der Waals surface area (Å²) in [6.07, 6.45) is 1.82. The molecule has 1 aliphatic heterocycles. The summed E-state index contributed by atoms with van der Waals surface area (Å²) in [6, 6.07) is 5.09. The van der Waals surface area contributed by atoms with Crippen LogP contribution in [0.15, 0.2) is 22.7 Å². The largest absolute Gasteiger partial charge is 0.378 e. The number of hydrogen-bond acceptors (Lipinski definition) is 2. The van der Waals surface area contributed by atoms with Gasteiger partial charge in [0.05, 0.1) is 12.7 Å². The first-order chi connectivity index (χ1) is 8.06. The van der Waals surface area contributed by atoms with E-state index in [4.69, 9.17) is 10.5 Å². The van der Waals surface area contributed by atoms with Crippen LogP contribution >= 0.6 is 15.9 Å². The van der Waals surface area contributed by atoms with Gasteiger partial charge in [0.25, 0.3) is 0 Å². The number of hydrogen-bond donors (Lipinski definition) is 1. The van der Waals surface area contributed by atoms with Crippen molar-refractivity contribution in [2.24, 2.45) is 11.7 Å². The molecule has 1 fully saturated rings. The van der Waals surface area contributed by atoms with Crippen LogP contribution in [0.25, 0.3) is 0 Å². The van der Waals surface area contributed by atoms with E-state index in [0.717, 1.165) is 10.9 Å². The molecule has 17 heavy (non-hydrogen) atoms. The second kappa shape index (κ2) is 5.46. The van der Waals surface area contributed by atoms with Gasteiger partial charge in [-0.2, -0.15) is 0 Å². The van der Waals surface area contributed by atoms with Crippen LogP contribution in [0.3, 0.4) is 0 Å². The van der Waals surface area contributed by atoms with Gasteiger partial charge in [-0.15, -0.1) is 0 Å². The van der Waals surface area contributed by atoms with Gasteiger partial charge in [0.1, 0.15) is 5.82 Å². The molecule has 1 heterocycles. The molecule has 1 aromatic rings. The van der Waals surface area contributed by atoms with Gasteiger partial charge < -0.3 is 10.5 Å². The molecule has 94 valence electrons. The van der Waals surface area contributed by atoms with E-state index < -0.39 is 0 Å². The van der Waals surface area contributed by atoms with Gasteiger partial charge in [-0.25, -0.2) is 4.39 Å². The van der Waals surface area contributed by atoms with E-state index in [9.17, 15) is 4.39 Å². The fourth-order valence-corrected chi connectivity index (χ4v) is 2.59. The summed E-state index contributed by atoms with van der Waals surface area (Å²) in [4.78, 5) is 0. The van der Waals surface area contributed by atoms with E-state index in [1.807, 2.05) is 13.0 Å². The molecule has 1 saturated heterocycles. The molecule has 0 aromatic heterocycles. The normalized spacial score (nSPS) is 26.1. The smallest absolute Gasteiger partial charge is 0.127 e. The van der Waals surface area contributed by atoms with Gasteiger partial charge in [0.2, 0.25) is 0 Å². The summed E-state index contributed by atoms with van der Waals surface area (Å²) in [7, 11) is 0. The van der Waals surface area contributed by atoms with Crippen LogP contribution in [0.2, 0.25) is 0 Å². The summed E-state index contributed by atoms with van der Waals surface area (Å²) in [5, 5.41) is 0. The lowest BCUT2D eigenvalue weighted by atomic mass is 9.92. The standard InChI is InChI=1S/C13H17BrFNO/c1-8-4-10(7-17-8)13(16)5-9-2-3-11(14)6-12(9)15/h2-3,6,8,10,13H,4-5,7,16H2,1H3. The Morgan fingerprint density at radius 1 is 1.59 bits per heavy atom. The molecular weight excluding hydrogens is 285 g/mol. The maximum atomic E-state index is 13.7. The average Bonchev–Trinajstić information content (AvgIpc) is 2.69. The third-order valence-electron chi connectivity index (χ3n) is 3.31. The van der Waals surface area contributed by atoms with Gasteiger partial charge >= 0.3 is 0 Å². The molecule has 0 amide bonds. The predicted octanol–water partition coefficient (Wildman–Crippen LogP) is 2.88. The van der Waals surface area contributed by atoms with Crippen molar-refractivity contribution in [2.45, 2.75) is 31.9 Å². The highest BCUT2D eigenvalue weighted by atomic mass is 79.9. The Kier molecular flexibility index (Phi) is 4.17. The minimum Gasteiger partial charge on any atom is -0.378 e. The van der Waals surface area contributed by atoms with E-state index in [1.54, 1.807) is 6.07 Å². The van der Waals surface area contributed by atoms with Gasteiger partial charge in [-0.05, 0) is 37.5 Å². The van der Waals surface area contributed by atoms with Crippen LogP contribution in [0.4, 0.5) is 4.39 Å². The minimum absolute atomic E-state index is 0.0318. The van der Waals surface area contributed by atoms with E-state index >= 15 is 0 Å². The SMILES string of the molecule is CC1CC(C(N)Cc2ccc(Br)cc2F)CO1. The first-order valence-electron chi connectivity index (χ1n) is 5.87. The fourth-order valence-electron chi connectivity index (χ4n) is 2.26. The summed E-state index contributed by atoms with van der Waals surface area (Å²) >= 11 is 3.25. The third-order valence-corrected chi connectivity index (χ3v) is 3.80. The minimum atomic E-state index is -0.193. The highest BCUT2D eigenvalue weighted by molar-refractivity contribution is 9.10. The fraction of sp³-hybridized carbons (Fsp3) is 0.538. The zero-order valence-corrected chi connectivity index (χ0v) is 11.4. The molecule has 0 radical (unpaired) electrons. The molecule has 2 rings (SSSR count). The lowest BCUT2D eigenvalue weighted by molar-refractivity contribution is 0.118. The van der Waals surface area contributed by atoms with Gasteiger partial charge in [-0.3, -0.25) is 0 Å². The lowest BCUT2D eigenvalue weighted by Gasteiger charge is -2.18. The Labute approximate surface area is 109 Å². The first kappa shape index (κ1) is 13.0. The summed E-state index contributed by atoms with van der Waals surface area (Å²) in [5.74, 6) is 0.148. The van der Waals surface area contributed by atoms with E-state index in [-0.39, 0.29) is 18.0 Å². The zero-order valence-electron chi connectivity index (χ0n) is 9.83. The Morgan fingerprint density at radius 2 is 2.35 bits per heavy atom. The molecule has 1 aliphatic rings. The molecule has 3 atom stereocenters. The van der Waals surface area contributed by atoms with Gasteiger partial charge in [0.15, 0.2) is 0 Å². The van der Waals surface area contributed by atoms with Crippen molar-refractivity contribution in [3.8, 4) is 0 Å². The Hall–Kier alpha value is -0.450. The Morgan fingerprint density at radius 3 is 2.94 bits per heavy atom. The molecule has 2 nitrogen and oxygen atoms in total. The van der Waals surface area contributed by atoms with Crippen molar-refractivity contribution >= 4 is 15.9 Å². The Balaban J connectivity index is 2.00. The molecule has 1 aromatic carbocycles. The molecule has 3 unspecified atom stereocenters. The number of benzene rings is 1. The predicted molar refractivity (Wildman–Crippen MR) is 69.3 cm³/mol. The van der Waals surface area contributed by atoms with Crippen LogP contribution in [-0.2, 0) is 11.2 Å². The molecule has 0 saturated carbocycles. The van der Waals surface area contributed by atoms with E-state index in [1.165, 1.54) is 6.07 Å². The number of ether oxygens (including phenoxy) is 1. The van der Waals surface area contributed by atoms with Crippen molar-refractivity contribution < 1.29 is 9.13 Å². The number of rotatable bonds is 3. The highest BCUT2D eigenvalue weighted by Gasteiger charge is 2.27. The maximum absolute atomic E-state index is 13.7.